The molecule has 0 radical (unpaired) electrons. The molecule has 0 aliphatic rings. The van der Waals surface area contributed by atoms with Gasteiger partial charge in [-0.3, -0.25) is 4.90 Å². The average molecular weight is 372 g/mol. The van der Waals surface area contributed by atoms with Crippen LogP contribution in [0.5, 0.6) is 11.5 Å². The van der Waals surface area contributed by atoms with Gasteiger partial charge in [-0.2, -0.15) is 0 Å². The topological polar surface area (TPSA) is 105 Å². The maximum atomic E-state index is 12.3. The minimum atomic E-state index is -1.19. The molecular formula is C19H20N2O6. The van der Waals surface area contributed by atoms with E-state index < -0.39 is 24.2 Å². The number of hydrogen-bond donors (Lipinski definition) is 2. The molecule has 27 heavy (non-hydrogen) atoms. The van der Waals surface area contributed by atoms with E-state index in [1.807, 2.05) is 0 Å². The van der Waals surface area contributed by atoms with Gasteiger partial charge in [0.25, 0.3) is 0 Å². The smallest absolute Gasteiger partial charge is 0.416 e. The molecule has 2 aromatic rings. The van der Waals surface area contributed by atoms with E-state index in [0.29, 0.717) is 11.5 Å². The van der Waals surface area contributed by atoms with Crippen LogP contribution < -0.4 is 14.8 Å². The molecule has 0 aliphatic heterocycles. The number of carbonyl (C=O) groups is 3. The molecule has 0 saturated carbocycles. The lowest BCUT2D eigenvalue weighted by molar-refractivity contribution is -0.141. The maximum Gasteiger partial charge on any atom is 0.416 e. The highest BCUT2D eigenvalue weighted by Gasteiger charge is 2.27. The molecule has 0 unspecified atom stereocenters. The van der Waals surface area contributed by atoms with Crippen molar-refractivity contribution in [2.24, 2.45) is 0 Å². The van der Waals surface area contributed by atoms with Crippen molar-refractivity contribution in [3.8, 4) is 11.5 Å². The number of benzene rings is 2. The third-order valence-electron chi connectivity index (χ3n) is 3.58. The van der Waals surface area contributed by atoms with Gasteiger partial charge in [0.05, 0.1) is 0 Å². The molecule has 0 aromatic heterocycles. The lowest BCUT2D eigenvalue weighted by atomic mass is 10.3. The highest BCUT2D eigenvalue weighted by atomic mass is 16.6. The second kappa shape index (κ2) is 9.81. The van der Waals surface area contributed by atoms with Crippen LogP contribution in [0.3, 0.4) is 0 Å². The predicted octanol–water partition coefficient (Wildman–Crippen LogP) is 2.75. The largest absolute Gasteiger partial charge is 0.480 e. The number of para-hydroxylation sites is 2. The Morgan fingerprint density at radius 3 is 2.00 bits per heavy atom. The van der Waals surface area contributed by atoms with E-state index in [9.17, 15) is 19.5 Å². The zero-order valence-corrected chi connectivity index (χ0v) is 14.7. The molecule has 0 spiro atoms. The molecule has 0 aliphatic carbocycles. The Balaban J connectivity index is 1.91. The Kier molecular flexibility index (Phi) is 7.18. The number of hydrogen-bond acceptors (Lipinski definition) is 5. The van der Waals surface area contributed by atoms with Crippen molar-refractivity contribution in [1.82, 2.24) is 10.2 Å². The number of carbonyl (C=O) groups excluding carboxylic acids is 2. The van der Waals surface area contributed by atoms with E-state index in [1.165, 1.54) is 6.92 Å². The summed E-state index contributed by atoms with van der Waals surface area (Å²) in [5.74, 6) is -0.525. The Labute approximate surface area is 156 Å². The van der Waals surface area contributed by atoms with Crippen molar-refractivity contribution >= 4 is 18.2 Å². The van der Waals surface area contributed by atoms with Gasteiger partial charge in [-0.15, -0.1) is 0 Å². The molecule has 2 amide bonds. The molecule has 2 aromatic carbocycles. The Morgan fingerprint density at radius 2 is 1.48 bits per heavy atom. The number of carboxylic acid groups (broad SMARTS) is 1. The summed E-state index contributed by atoms with van der Waals surface area (Å²) >= 11 is 0. The van der Waals surface area contributed by atoms with Crippen molar-refractivity contribution in [3.05, 3.63) is 60.7 Å². The predicted molar refractivity (Wildman–Crippen MR) is 96.7 cm³/mol. The number of nitrogens with zero attached hydrogens (tertiary/aromatic N) is 1. The summed E-state index contributed by atoms with van der Waals surface area (Å²) in [7, 11) is 0. The van der Waals surface area contributed by atoms with Crippen LogP contribution in [-0.2, 0) is 4.79 Å². The van der Waals surface area contributed by atoms with Crippen LogP contribution in [-0.4, -0.2) is 47.3 Å². The number of carboxylic acids is 1. The lowest BCUT2D eigenvalue weighted by Crippen LogP contribution is -2.48. The fourth-order valence-electron chi connectivity index (χ4n) is 2.13. The first-order chi connectivity index (χ1) is 13.0. The van der Waals surface area contributed by atoms with Crippen LogP contribution >= 0.6 is 0 Å². The summed E-state index contributed by atoms with van der Waals surface area (Å²) in [6.45, 7) is 1.28. The Morgan fingerprint density at radius 1 is 0.963 bits per heavy atom. The van der Waals surface area contributed by atoms with Crippen molar-refractivity contribution in [3.63, 3.8) is 0 Å². The van der Waals surface area contributed by atoms with Crippen LogP contribution in [0.4, 0.5) is 9.59 Å². The van der Waals surface area contributed by atoms with Crippen LogP contribution in [0.1, 0.15) is 6.92 Å². The molecule has 0 heterocycles. The fraction of sp³-hybridized carbons (Fsp3) is 0.211. The number of rotatable bonds is 7. The first kappa shape index (κ1) is 19.8. The summed E-state index contributed by atoms with van der Waals surface area (Å²) < 4.78 is 10.2. The molecule has 2 N–H and O–H groups in total. The van der Waals surface area contributed by atoms with Gasteiger partial charge in [-0.25, -0.2) is 14.4 Å². The van der Waals surface area contributed by atoms with Gasteiger partial charge in [-0.05, 0) is 31.2 Å². The summed E-state index contributed by atoms with van der Waals surface area (Å²) in [4.78, 5) is 36.4. The van der Waals surface area contributed by atoms with Gasteiger partial charge < -0.3 is 19.9 Å². The van der Waals surface area contributed by atoms with Crippen LogP contribution in [0.25, 0.3) is 0 Å². The zero-order valence-electron chi connectivity index (χ0n) is 14.7. The van der Waals surface area contributed by atoms with E-state index in [1.54, 1.807) is 60.7 Å². The summed E-state index contributed by atoms with van der Waals surface area (Å²) in [6, 6.07) is 15.6. The van der Waals surface area contributed by atoms with Gasteiger partial charge >= 0.3 is 18.2 Å². The molecule has 0 bridgehead atoms. The van der Waals surface area contributed by atoms with Gasteiger partial charge in [0.1, 0.15) is 17.5 Å². The number of ether oxygens (including phenoxy) is 2. The molecule has 8 nitrogen and oxygen atoms in total. The zero-order chi connectivity index (χ0) is 19.6. The molecule has 2 rings (SSSR count). The molecule has 0 saturated heterocycles. The molecule has 8 heteroatoms. The summed E-state index contributed by atoms with van der Waals surface area (Å²) in [6.07, 6.45) is -1.53. The van der Waals surface area contributed by atoms with Gasteiger partial charge in [0, 0.05) is 13.1 Å². The maximum absolute atomic E-state index is 12.3. The van der Waals surface area contributed by atoms with Crippen molar-refractivity contribution < 1.29 is 29.0 Å². The van der Waals surface area contributed by atoms with Gasteiger partial charge in [0.2, 0.25) is 0 Å². The minimum absolute atomic E-state index is 0.00677. The first-order valence-electron chi connectivity index (χ1n) is 8.24. The first-order valence-corrected chi connectivity index (χ1v) is 8.24. The summed E-state index contributed by atoms with van der Waals surface area (Å²) in [5.41, 5.74) is 0. The van der Waals surface area contributed by atoms with Crippen molar-refractivity contribution in [1.29, 1.82) is 0 Å². The van der Waals surface area contributed by atoms with Crippen molar-refractivity contribution in [2.45, 2.75) is 13.0 Å². The molecule has 1 atom stereocenters. The Bertz CT molecular complexity index is 766. The molecular weight excluding hydrogens is 352 g/mol. The third kappa shape index (κ3) is 6.35. The fourth-order valence-corrected chi connectivity index (χ4v) is 2.13. The number of nitrogens with one attached hydrogen (secondary N) is 1. The monoisotopic (exact) mass is 372 g/mol. The Hall–Kier alpha value is -3.55. The number of aliphatic carboxylic acids is 1. The van der Waals surface area contributed by atoms with Crippen LogP contribution in [0, 0.1) is 0 Å². The lowest BCUT2D eigenvalue weighted by Gasteiger charge is -2.25. The van der Waals surface area contributed by atoms with E-state index >= 15 is 0 Å². The van der Waals surface area contributed by atoms with Gasteiger partial charge in [0.15, 0.2) is 0 Å². The minimum Gasteiger partial charge on any atom is -0.480 e. The second-order valence-electron chi connectivity index (χ2n) is 5.52. The van der Waals surface area contributed by atoms with E-state index in [0.717, 1.165) is 4.90 Å². The third-order valence-corrected chi connectivity index (χ3v) is 3.58. The standard InChI is InChI=1S/C19H20N2O6/c1-14(17(22)23)21(19(25)27-16-10-6-3-7-11-16)13-12-20-18(24)26-15-8-4-2-5-9-15/h2-11,14H,12-13H2,1H3,(H,20,24)(H,22,23)/t14-/m0/s1. The number of amides is 2. The second-order valence-corrected chi connectivity index (χ2v) is 5.52. The van der Waals surface area contributed by atoms with E-state index in [-0.39, 0.29) is 13.1 Å². The summed E-state index contributed by atoms with van der Waals surface area (Å²) in [5, 5.41) is 11.7. The highest BCUT2D eigenvalue weighted by molar-refractivity contribution is 5.80. The van der Waals surface area contributed by atoms with Crippen molar-refractivity contribution in [2.75, 3.05) is 13.1 Å². The van der Waals surface area contributed by atoms with Crippen LogP contribution in [0.15, 0.2) is 60.7 Å². The van der Waals surface area contributed by atoms with E-state index in [2.05, 4.69) is 5.32 Å². The van der Waals surface area contributed by atoms with E-state index in [4.69, 9.17) is 9.47 Å². The SMILES string of the molecule is C[C@@H](C(=O)O)N(CCNC(=O)Oc1ccccc1)C(=O)Oc1ccccc1. The quantitative estimate of drug-likeness (QED) is 0.774. The average Bonchev–Trinajstić information content (AvgIpc) is 2.66. The normalized spacial score (nSPS) is 11.1. The molecule has 0 fully saturated rings. The molecule has 142 valence electrons. The van der Waals surface area contributed by atoms with Gasteiger partial charge in [-0.1, -0.05) is 36.4 Å². The highest BCUT2D eigenvalue weighted by Crippen LogP contribution is 2.12. The van der Waals surface area contributed by atoms with Crippen LogP contribution in [0.2, 0.25) is 0 Å².